The van der Waals surface area contributed by atoms with Crippen molar-refractivity contribution in [2.75, 3.05) is 39.9 Å². The van der Waals surface area contributed by atoms with Crippen molar-refractivity contribution in [3.8, 4) is 0 Å². The number of carbonyl (C=O) groups is 1. The van der Waals surface area contributed by atoms with Gasteiger partial charge in [0.05, 0.1) is 11.5 Å². The van der Waals surface area contributed by atoms with Crippen LogP contribution in [-0.4, -0.2) is 63.4 Å². The zero-order valence-electron chi connectivity index (χ0n) is 18.2. The second-order valence-electron chi connectivity index (χ2n) is 9.53. The second-order valence-corrected chi connectivity index (χ2v) is 11.5. The van der Waals surface area contributed by atoms with Crippen LogP contribution in [0.4, 0.5) is 0 Å². The normalized spacial score (nSPS) is 22.8. The van der Waals surface area contributed by atoms with E-state index in [-0.39, 0.29) is 17.2 Å². The van der Waals surface area contributed by atoms with E-state index in [4.69, 9.17) is 4.74 Å². The van der Waals surface area contributed by atoms with Crippen molar-refractivity contribution in [2.45, 2.75) is 56.8 Å². The highest BCUT2D eigenvalue weighted by Crippen LogP contribution is 2.33. The van der Waals surface area contributed by atoms with Gasteiger partial charge in [0.1, 0.15) is 0 Å². The lowest BCUT2D eigenvalue weighted by molar-refractivity contribution is -0.139. The van der Waals surface area contributed by atoms with Crippen LogP contribution >= 0.6 is 0 Å². The molecule has 1 aromatic rings. The van der Waals surface area contributed by atoms with E-state index >= 15 is 0 Å². The third kappa shape index (κ3) is 4.30. The predicted octanol–water partition coefficient (Wildman–Crippen LogP) is 2.85. The summed E-state index contributed by atoms with van der Waals surface area (Å²) < 4.78 is 33.1. The Hall–Kier alpha value is -1.44. The lowest BCUT2D eigenvalue weighted by Gasteiger charge is -2.41. The Kier molecular flexibility index (Phi) is 6.24. The number of piperidine rings is 2. The standard InChI is InChI=1S/C23H34N2O4S/c1-23(17-29-2)10-14-24(15-11-23)22(26)19-8-12-25(13-9-19)30(27,28)21-7-6-18-4-3-5-20(18)16-21/h6-7,16,19H,3-5,8-15,17H2,1-2H3. The van der Waals surface area contributed by atoms with E-state index < -0.39 is 10.0 Å². The number of benzene rings is 1. The van der Waals surface area contributed by atoms with E-state index in [1.165, 1.54) is 11.1 Å². The highest BCUT2D eigenvalue weighted by atomic mass is 32.2. The topological polar surface area (TPSA) is 66.9 Å². The molecule has 0 aromatic heterocycles. The molecule has 2 heterocycles. The number of ether oxygens (including phenoxy) is 1. The van der Waals surface area contributed by atoms with Crippen molar-refractivity contribution in [2.24, 2.45) is 11.3 Å². The molecule has 166 valence electrons. The molecule has 1 amide bonds. The van der Waals surface area contributed by atoms with Gasteiger partial charge in [-0.3, -0.25) is 4.79 Å². The lowest BCUT2D eigenvalue weighted by Crippen LogP contribution is -2.48. The van der Waals surface area contributed by atoms with Crippen molar-refractivity contribution < 1.29 is 17.9 Å². The Morgan fingerprint density at radius 1 is 1.10 bits per heavy atom. The first-order valence-electron chi connectivity index (χ1n) is 11.2. The number of hydrogen-bond acceptors (Lipinski definition) is 4. The smallest absolute Gasteiger partial charge is 0.243 e. The van der Waals surface area contributed by atoms with E-state index in [0.717, 1.165) is 51.8 Å². The number of carbonyl (C=O) groups excluding carboxylic acids is 1. The molecular formula is C23H34N2O4S. The fourth-order valence-electron chi connectivity index (χ4n) is 5.22. The first-order valence-corrected chi connectivity index (χ1v) is 12.7. The molecule has 0 unspecified atom stereocenters. The van der Waals surface area contributed by atoms with E-state index in [1.807, 2.05) is 17.0 Å². The molecular weight excluding hydrogens is 400 g/mol. The molecule has 1 aliphatic carbocycles. The molecule has 1 aromatic carbocycles. The average molecular weight is 435 g/mol. The zero-order chi connectivity index (χ0) is 21.4. The van der Waals surface area contributed by atoms with E-state index in [1.54, 1.807) is 17.5 Å². The van der Waals surface area contributed by atoms with Gasteiger partial charge in [-0.05, 0) is 73.6 Å². The van der Waals surface area contributed by atoms with Crippen LogP contribution in [0.3, 0.4) is 0 Å². The van der Waals surface area contributed by atoms with Gasteiger partial charge in [-0.25, -0.2) is 8.42 Å². The Bertz CT molecular complexity index is 882. The number of aryl methyl sites for hydroxylation is 2. The summed E-state index contributed by atoms with van der Waals surface area (Å²) in [5.41, 5.74) is 2.60. The maximum Gasteiger partial charge on any atom is 0.243 e. The largest absolute Gasteiger partial charge is 0.384 e. The van der Waals surface area contributed by atoms with Crippen LogP contribution in [0.15, 0.2) is 23.1 Å². The molecule has 7 heteroatoms. The van der Waals surface area contributed by atoms with Crippen LogP contribution in [0.5, 0.6) is 0 Å². The number of likely N-dealkylation sites (tertiary alicyclic amines) is 1. The van der Waals surface area contributed by atoms with Gasteiger partial charge in [-0.2, -0.15) is 4.31 Å². The molecule has 0 atom stereocenters. The summed E-state index contributed by atoms with van der Waals surface area (Å²) in [5.74, 6) is 0.132. The van der Waals surface area contributed by atoms with Crippen molar-refractivity contribution in [3.05, 3.63) is 29.3 Å². The number of rotatable bonds is 5. The maximum atomic E-state index is 13.1. The molecule has 2 aliphatic heterocycles. The monoisotopic (exact) mass is 434 g/mol. The number of nitrogens with zero attached hydrogens (tertiary/aromatic N) is 2. The van der Waals surface area contributed by atoms with Crippen LogP contribution < -0.4 is 0 Å². The minimum atomic E-state index is -3.48. The molecule has 2 fully saturated rings. The molecule has 0 N–H and O–H groups in total. The summed E-state index contributed by atoms with van der Waals surface area (Å²) in [6, 6.07) is 5.58. The molecule has 0 saturated carbocycles. The molecule has 6 nitrogen and oxygen atoms in total. The van der Waals surface area contributed by atoms with Crippen LogP contribution in [0.2, 0.25) is 0 Å². The molecule has 0 spiro atoms. The van der Waals surface area contributed by atoms with Gasteiger partial charge in [0.2, 0.25) is 15.9 Å². The first kappa shape index (κ1) is 21.8. The molecule has 4 rings (SSSR count). The van der Waals surface area contributed by atoms with Crippen molar-refractivity contribution in [1.82, 2.24) is 9.21 Å². The predicted molar refractivity (Wildman–Crippen MR) is 116 cm³/mol. The summed E-state index contributed by atoms with van der Waals surface area (Å²) in [6.07, 6.45) is 6.24. The molecule has 3 aliphatic rings. The summed E-state index contributed by atoms with van der Waals surface area (Å²) in [6.45, 7) is 5.34. The van der Waals surface area contributed by atoms with E-state index in [9.17, 15) is 13.2 Å². The number of methoxy groups -OCH3 is 1. The van der Waals surface area contributed by atoms with E-state index in [0.29, 0.717) is 30.8 Å². The highest BCUT2D eigenvalue weighted by molar-refractivity contribution is 7.89. The zero-order valence-corrected chi connectivity index (χ0v) is 19.0. The average Bonchev–Trinajstić information content (AvgIpc) is 3.22. The maximum absolute atomic E-state index is 13.1. The van der Waals surface area contributed by atoms with Gasteiger partial charge in [-0.1, -0.05) is 13.0 Å². The van der Waals surface area contributed by atoms with Crippen molar-refractivity contribution in [1.29, 1.82) is 0 Å². The fraction of sp³-hybridized carbons (Fsp3) is 0.696. The molecule has 30 heavy (non-hydrogen) atoms. The van der Waals surface area contributed by atoms with E-state index in [2.05, 4.69) is 6.92 Å². The summed E-state index contributed by atoms with van der Waals surface area (Å²) in [5, 5.41) is 0. The molecule has 0 bridgehead atoms. The van der Waals surface area contributed by atoms with Gasteiger partial charge in [-0.15, -0.1) is 0 Å². The van der Waals surface area contributed by atoms with Crippen LogP contribution in [0, 0.1) is 11.3 Å². The van der Waals surface area contributed by atoms with Gasteiger partial charge < -0.3 is 9.64 Å². The van der Waals surface area contributed by atoms with Gasteiger partial charge in [0.15, 0.2) is 0 Å². The first-order chi connectivity index (χ1) is 14.3. The Morgan fingerprint density at radius 2 is 1.77 bits per heavy atom. The fourth-order valence-corrected chi connectivity index (χ4v) is 6.74. The third-order valence-electron chi connectivity index (χ3n) is 7.29. The summed E-state index contributed by atoms with van der Waals surface area (Å²) >= 11 is 0. The third-order valence-corrected chi connectivity index (χ3v) is 9.18. The van der Waals surface area contributed by atoms with Gasteiger partial charge >= 0.3 is 0 Å². The SMILES string of the molecule is COCC1(C)CCN(C(=O)C2CCN(S(=O)(=O)c3ccc4c(c3)CCC4)CC2)CC1. The number of sulfonamides is 1. The van der Waals surface area contributed by atoms with Crippen LogP contribution in [0.25, 0.3) is 0 Å². The Morgan fingerprint density at radius 3 is 2.43 bits per heavy atom. The number of fused-ring (bicyclic) bond motifs is 1. The van der Waals surface area contributed by atoms with Crippen LogP contribution in [0.1, 0.15) is 50.2 Å². The minimum absolute atomic E-state index is 0.0664. The minimum Gasteiger partial charge on any atom is -0.384 e. The molecule has 0 radical (unpaired) electrons. The Labute approximate surface area is 180 Å². The Balaban J connectivity index is 1.34. The number of amides is 1. The summed E-state index contributed by atoms with van der Waals surface area (Å²) in [4.78, 5) is 15.4. The van der Waals surface area contributed by atoms with Crippen molar-refractivity contribution in [3.63, 3.8) is 0 Å². The summed E-state index contributed by atoms with van der Waals surface area (Å²) in [7, 11) is -1.76. The van der Waals surface area contributed by atoms with Gasteiger partial charge in [0.25, 0.3) is 0 Å². The number of hydrogen-bond donors (Lipinski definition) is 0. The second kappa shape index (κ2) is 8.60. The highest BCUT2D eigenvalue weighted by Gasteiger charge is 2.37. The quantitative estimate of drug-likeness (QED) is 0.715. The van der Waals surface area contributed by atoms with Gasteiger partial charge in [0, 0.05) is 39.2 Å². The molecule has 2 saturated heterocycles. The van der Waals surface area contributed by atoms with Crippen molar-refractivity contribution >= 4 is 15.9 Å². The van der Waals surface area contributed by atoms with Crippen LogP contribution in [-0.2, 0) is 32.4 Å². The lowest BCUT2D eigenvalue weighted by atomic mass is 9.80.